The molecular weight excluding hydrogens is 374 g/mol. The molecule has 0 saturated carbocycles. The number of anilines is 1. The molecular formula is C21H21N3O3S. The molecule has 7 heteroatoms. The van der Waals surface area contributed by atoms with E-state index in [2.05, 4.69) is 15.0 Å². The second kappa shape index (κ2) is 8.22. The van der Waals surface area contributed by atoms with E-state index in [0.717, 1.165) is 11.3 Å². The maximum atomic E-state index is 12.6. The van der Waals surface area contributed by atoms with Crippen molar-refractivity contribution in [3.63, 3.8) is 0 Å². The van der Waals surface area contributed by atoms with Gasteiger partial charge in [-0.05, 0) is 61.9 Å². The molecule has 28 heavy (non-hydrogen) atoms. The number of carbonyl (C=O) groups excluding carboxylic acids is 1. The van der Waals surface area contributed by atoms with E-state index in [4.69, 9.17) is 0 Å². The Morgan fingerprint density at radius 2 is 1.64 bits per heavy atom. The van der Waals surface area contributed by atoms with Gasteiger partial charge in [0, 0.05) is 11.8 Å². The first-order valence-corrected chi connectivity index (χ1v) is 10.3. The first kappa shape index (κ1) is 19.6. The van der Waals surface area contributed by atoms with Crippen molar-refractivity contribution < 1.29 is 13.2 Å². The Kier molecular flexibility index (Phi) is 5.75. The normalized spacial score (nSPS) is 12.2. The molecule has 3 aromatic rings. The number of pyridine rings is 1. The van der Waals surface area contributed by atoms with Gasteiger partial charge in [0.15, 0.2) is 0 Å². The molecule has 0 aliphatic carbocycles. The lowest BCUT2D eigenvalue weighted by Crippen LogP contribution is -2.27. The molecule has 2 aromatic carbocycles. The van der Waals surface area contributed by atoms with Gasteiger partial charge in [-0.25, -0.2) is 8.42 Å². The number of nitrogens with zero attached hydrogens (tertiary/aromatic N) is 1. The molecule has 0 unspecified atom stereocenters. The fraction of sp³-hybridized carbons (Fsp3) is 0.143. The third-order valence-corrected chi connectivity index (χ3v) is 5.68. The highest BCUT2D eigenvalue weighted by molar-refractivity contribution is 7.92. The highest BCUT2D eigenvalue weighted by atomic mass is 32.2. The van der Waals surface area contributed by atoms with E-state index in [-0.39, 0.29) is 16.8 Å². The predicted octanol–water partition coefficient (Wildman–Crippen LogP) is 3.68. The molecule has 1 heterocycles. The summed E-state index contributed by atoms with van der Waals surface area (Å²) < 4.78 is 27.7. The minimum atomic E-state index is -3.74. The average Bonchev–Trinajstić information content (AvgIpc) is 2.70. The molecule has 0 spiro atoms. The fourth-order valence-corrected chi connectivity index (χ4v) is 3.79. The number of benzene rings is 2. The van der Waals surface area contributed by atoms with Crippen LogP contribution in [-0.2, 0) is 10.0 Å². The molecule has 1 atom stereocenters. The van der Waals surface area contributed by atoms with Crippen molar-refractivity contribution in [3.8, 4) is 0 Å². The first-order chi connectivity index (χ1) is 13.4. The molecule has 0 bridgehead atoms. The number of aryl methyl sites for hydroxylation is 1. The zero-order chi connectivity index (χ0) is 20.1. The monoisotopic (exact) mass is 395 g/mol. The van der Waals surface area contributed by atoms with Crippen LogP contribution in [0.2, 0.25) is 0 Å². The van der Waals surface area contributed by atoms with Gasteiger partial charge in [0.2, 0.25) is 0 Å². The first-order valence-electron chi connectivity index (χ1n) is 8.77. The number of para-hydroxylation sites is 1. The van der Waals surface area contributed by atoms with Crippen LogP contribution < -0.4 is 10.0 Å². The van der Waals surface area contributed by atoms with Gasteiger partial charge in [-0.2, -0.15) is 0 Å². The lowest BCUT2D eigenvalue weighted by atomic mass is 10.1. The molecule has 0 radical (unpaired) electrons. The fourth-order valence-electron chi connectivity index (χ4n) is 2.66. The number of amides is 1. The van der Waals surface area contributed by atoms with Crippen LogP contribution in [0.1, 0.15) is 34.6 Å². The van der Waals surface area contributed by atoms with Crippen molar-refractivity contribution in [3.05, 3.63) is 89.7 Å². The smallest absolute Gasteiger partial charge is 0.261 e. The molecule has 0 fully saturated rings. The molecule has 2 N–H and O–H groups in total. The molecule has 1 amide bonds. The van der Waals surface area contributed by atoms with Crippen molar-refractivity contribution in [2.45, 2.75) is 24.8 Å². The third kappa shape index (κ3) is 4.55. The minimum Gasteiger partial charge on any atom is -0.344 e. The summed E-state index contributed by atoms with van der Waals surface area (Å²) in [5.74, 6) is -0.297. The van der Waals surface area contributed by atoms with Gasteiger partial charge < -0.3 is 5.32 Å². The number of aromatic nitrogens is 1. The summed E-state index contributed by atoms with van der Waals surface area (Å²) >= 11 is 0. The lowest BCUT2D eigenvalue weighted by molar-refractivity contribution is 0.0939. The van der Waals surface area contributed by atoms with E-state index in [1.165, 1.54) is 24.3 Å². The molecule has 0 saturated heterocycles. The summed E-state index contributed by atoms with van der Waals surface area (Å²) in [4.78, 5) is 16.7. The molecule has 6 nitrogen and oxygen atoms in total. The van der Waals surface area contributed by atoms with Gasteiger partial charge >= 0.3 is 0 Å². The quantitative estimate of drug-likeness (QED) is 0.666. The topological polar surface area (TPSA) is 88.2 Å². The van der Waals surface area contributed by atoms with Gasteiger partial charge in [0.25, 0.3) is 15.9 Å². The van der Waals surface area contributed by atoms with Crippen molar-refractivity contribution >= 4 is 21.6 Å². The molecule has 144 valence electrons. The summed E-state index contributed by atoms with van der Waals surface area (Å²) in [6, 6.07) is 18.2. The highest BCUT2D eigenvalue weighted by Crippen LogP contribution is 2.20. The molecule has 0 aliphatic rings. The standard InChI is InChI=1S/C21H21N3O3S/c1-15-7-3-4-8-19(15)24-28(26,27)18-12-10-17(11-13-18)21(25)23-16(2)20-9-5-6-14-22-20/h3-14,16,24H,1-2H3,(H,23,25)/t16-/m1/s1. The Labute approximate surface area is 164 Å². The maximum absolute atomic E-state index is 12.6. The van der Waals surface area contributed by atoms with Crippen molar-refractivity contribution in [1.29, 1.82) is 0 Å². The average molecular weight is 395 g/mol. The predicted molar refractivity (Wildman–Crippen MR) is 109 cm³/mol. The SMILES string of the molecule is Cc1ccccc1NS(=O)(=O)c1ccc(C(=O)N[C@H](C)c2ccccn2)cc1. The Bertz CT molecular complexity index is 1070. The van der Waals surface area contributed by atoms with Crippen LogP contribution in [0.4, 0.5) is 5.69 Å². The molecule has 3 rings (SSSR count). The van der Waals surface area contributed by atoms with Crippen LogP contribution in [0.15, 0.2) is 77.8 Å². The zero-order valence-electron chi connectivity index (χ0n) is 15.6. The number of hydrogen-bond donors (Lipinski definition) is 2. The van der Waals surface area contributed by atoms with E-state index in [9.17, 15) is 13.2 Å². The summed E-state index contributed by atoms with van der Waals surface area (Å²) in [6.07, 6.45) is 1.67. The van der Waals surface area contributed by atoms with E-state index >= 15 is 0 Å². The van der Waals surface area contributed by atoms with Crippen molar-refractivity contribution in [2.24, 2.45) is 0 Å². The van der Waals surface area contributed by atoms with E-state index in [1.807, 2.05) is 44.2 Å². The van der Waals surface area contributed by atoms with E-state index < -0.39 is 10.0 Å². The summed E-state index contributed by atoms with van der Waals surface area (Å²) in [5, 5.41) is 2.85. The number of sulfonamides is 1. The van der Waals surface area contributed by atoms with Crippen molar-refractivity contribution in [2.75, 3.05) is 4.72 Å². The Balaban J connectivity index is 1.72. The van der Waals surface area contributed by atoms with Crippen LogP contribution >= 0.6 is 0 Å². The van der Waals surface area contributed by atoms with Crippen molar-refractivity contribution in [1.82, 2.24) is 10.3 Å². The van der Waals surface area contributed by atoms with E-state index in [1.54, 1.807) is 18.3 Å². The number of nitrogens with one attached hydrogen (secondary N) is 2. The second-order valence-electron chi connectivity index (χ2n) is 6.39. The Morgan fingerprint density at radius 1 is 0.964 bits per heavy atom. The highest BCUT2D eigenvalue weighted by Gasteiger charge is 2.17. The third-order valence-electron chi connectivity index (χ3n) is 4.30. The lowest BCUT2D eigenvalue weighted by Gasteiger charge is -2.14. The van der Waals surface area contributed by atoms with Gasteiger partial charge in [-0.15, -0.1) is 0 Å². The van der Waals surface area contributed by atoms with E-state index in [0.29, 0.717) is 11.3 Å². The Morgan fingerprint density at radius 3 is 2.29 bits per heavy atom. The van der Waals surface area contributed by atoms with Crippen LogP contribution in [0.3, 0.4) is 0 Å². The van der Waals surface area contributed by atoms with Gasteiger partial charge in [0.05, 0.1) is 22.3 Å². The zero-order valence-corrected chi connectivity index (χ0v) is 16.4. The molecule has 0 aliphatic heterocycles. The van der Waals surface area contributed by atoms with Crippen LogP contribution in [0.5, 0.6) is 0 Å². The summed E-state index contributed by atoms with van der Waals surface area (Å²) in [7, 11) is -3.74. The Hall–Kier alpha value is -3.19. The van der Waals surface area contributed by atoms with Crippen LogP contribution in [-0.4, -0.2) is 19.3 Å². The second-order valence-corrected chi connectivity index (χ2v) is 8.08. The van der Waals surface area contributed by atoms with Gasteiger partial charge in [0.1, 0.15) is 0 Å². The minimum absolute atomic E-state index is 0.0880. The number of rotatable bonds is 6. The van der Waals surface area contributed by atoms with Gasteiger partial charge in [-0.3, -0.25) is 14.5 Å². The summed E-state index contributed by atoms with van der Waals surface area (Å²) in [6.45, 7) is 3.67. The summed E-state index contributed by atoms with van der Waals surface area (Å²) in [5.41, 5.74) is 2.47. The van der Waals surface area contributed by atoms with Gasteiger partial charge in [-0.1, -0.05) is 24.3 Å². The number of hydrogen-bond acceptors (Lipinski definition) is 4. The number of carbonyl (C=O) groups is 1. The van der Waals surface area contributed by atoms with Crippen LogP contribution in [0.25, 0.3) is 0 Å². The maximum Gasteiger partial charge on any atom is 0.261 e. The largest absolute Gasteiger partial charge is 0.344 e. The van der Waals surface area contributed by atoms with Crippen LogP contribution in [0, 0.1) is 6.92 Å². The molecule has 1 aromatic heterocycles.